The van der Waals surface area contributed by atoms with Gasteiger partial charge in [-0.25, -0.2) is 0 Å². The number of halogens is 2. The first-order chi connectivity index (χ1) is 4.61. The minimum atomic E-state index is 0. The van der Waals surface area contributed by atoms with E-state index in [9.17, 15) is 0 Å². The molecule has 5 heteroatoms. The number of aromatic nitrogens is 2. The first kappa shape index (κ1) is 10.8. The SMILES string of the molecule is CC(C)n1cc(N)c(Br)n1.Cl. The second-order valence-corrected chi connectivity index (χ2v) is 3.20. The first-order valence-corrected chi connectivity index (χ1v) is 3.90. The quantitative estimate of drug-likeness (QED) is 0.818. The van der Waals surface area contributed by atoms with E-state index >= 15 is 0 Å². The van der Waals surface area contributed by atoms with Gasteiger partial charge in [0.15, 0.2) is 4.60 Å². The Morgan fingerprint density at radius 1 is 1.64 bits per heavy atom. The Morgan fingerprint density at radius 3 is 2.36 bits per heavy atom. The Kier molecular flexibility index (Phi) is 3.89. The third-order valence-electron chi connectivity index (χ3n) is 1.24. The molecule has 64 valence electrons. The minimum Gasteiger partial charge on any atom is -0.395 e. The van der Waals surface area contributed by atoms with E-state index < -0.39 is 0 Å². The molecule has 0 unspecified atom stereocenters. The predicted molar refractivity (Wildman–Crippen MR) is 52.0 cm³/mol. The molecule has 0 radical (unpaired) electrons. The lowest BCUT2D eigenvalue weighted by Crippen LogP contribution is -2.00. The molecule has 0 aromatic carbocycles. The number of anilines is 1. The van der Waals surface area contributed by atoms with E-state index in [2.05, 4.69) is 34.9 Å². The van der Waals surface area contributed by atoms with Gasteiger partial charge in [0.25, 0.3) is 0 Å². The Balaban J connectivity index is 0.000001000. The minimum absolute atomic E-state index is 0. The van der Waals surface area contributed by atoms with Crippen molar-refractivity contribution in [1.82, 2.24) is 9.78 Å². The second-order valence-electron chi connectivity index (χ2n) is 2.45. The molecule has 1 rings (SSSR count). The molecule has 11 heavy (non-hydrogen) atoms. The molecule has 1 aromatic heterocycles. The molecule has 0 bridgehead atoms. The zero-order valence-corrected chi connectivity index (χ0v) is 8.82. The summed E-state index contributed by atoms with van der Waals surface area (Å²) < 4.78 is 2.54. The van der Waals surface area contributed by atoms with Crippen molar-refractivity contribution < 1.29 is 0 Å². The average Bonchev–Trinajstić information content (AvgIpc) is 2.13. The van der Waals surface area contributed by atoms with Gasteiger partial charge < -0.3 is 5.73 Å². The smallest absolute Gasteiger partial charge is 0.151 e. The number of nitrogen functional groups attached to an aromatic ring is 1. The summed E-state index contributed by atoms with van der Waals surface area (Å²) in [5.41, 5.74) is 6.24. The number of nitrogens with two attached hydrogens (primary N) is 1. The molecule has 1 heterocycles. The predicted octanol–water partition coefficient (Wildman–Crippen LogP) is 2.23. The van der Waals surface area contributed by atoms with Gasteiger partial charge in [-0.05, 0) is 29.8 Å². The molecular formula is C6H11BrClN3. The summed E-state index contributed by atoms with van der Waals surface area (Å²) in [6.45, 7) is 4.11. The number of hydrogen-bond donors (Lipinski definition) is 1. The number of nitrogens with zero attached hydrogens (tertiary/aromatic N) is 2. The molecule has 0 atom stereocenters. The van der Waals surface area contributed by atoms with Crippen LogP contribution < -0.4 is 5.73 Å². The molecule has 1 aromatic rings. The highest BCUT2D eigenvalue weighted by Gasteiger charge is 2.03. The second kappa shape index (κ2) is 3.97. The first-order valence-electron chi connectivity index (χ1n) is 3.11. The molecule has 0 aliphatic carbocycles. The van der Waals surface area contributed by atoms with Gasteiger partial charge in [-0.15, -0.1) is 12.4 Å². The van der Waals surface area contributed by atoms with Crippen LogP contribution in [0, 0.1) is 0 Å². The fourth-order valence-corrected chi connectivity index (χ4v) is 0.934. The maximum absolute atomic E-state index is 5.55. The Bertz CT molecular complexity index is 214. The average molecular weight is 241 g/mol. The van der Waals surface area contributed by atoms with Gasteiger partial charge in [-0.3, -0.25) is 4.68 Å². The fraction of sp³-hybridized carbons (Fsp3) is 0.500. The Morgan fingerprint density at radius 2 is 2.18 bits per heavy atom. The molecule has 0 aliphatic rings. The Hall–Kier alpha value is -0.220. The van der Waals surface area contributed by atoms with E-state index in [0.29, 0.717) is 11.7 Å². The maximum Gasteiger partial charge on any atom is 0.151 e. The summed E-state index contributed by atoms with van der Waals surface area (Å²) in [7, 11) is 0. The third-order valence-corrected chi connectivity index (χ3v) is 1.86. The summed E-state index contributed by atoms with van der Waals surface area (Å²) in [6.07, 6.45) is 1.81. The van der Waals surface area contributed by atoms with E-state index in [4.69, 9.17) is 5.73 Å². The van der Waals surface area contributed by atoms with Crippen LogP contribution in [0.3, 0.4) is 0 Å². The van der Waals surface area contributed by atoms with Crippen LogP contribution in [0.5, 0.6) is 0 Å². The zero-order valence-electron chi connectivity index (χ0n) is 6.41. The largest absolute Gasteiger partial charge is 0.395 e. The van der Waals surface area contributed by atoms with E-state index in [0.717, 1.165) is 4.60 Å². The van der Waals surface area contributed by atoms with Crippen molar-refractivity contribution in [3.8, 4) is 0 Å². The zero-order chi connectivity index (χ0) is 7.72. The van der Waals surface area contributed by atoms with Crippen molar-refractivity contribution in [1.29, 1.82) is 0 Å². The van der Waals surface area contributed by atoms with E-state index in [-0.39, 0.29) is 12.4 Å². The third kappa shape index (κ3) is 2.38. The van der Waals surface area contributed by atoms with Gasteiger partial charge in [0.2, 0.25) is 0 Å². The van der Waals surface area contributed by atoms with Crippen molar-refractivity contribution >= 4 is 34.0 Å². The van der Waals surface area contributed by atoms with Gasteiger partial charge >= 0.3 is 0 Å². The summed E-state index contributed by atoms with van der Waals surface area (Å²) in [5.74, 6) is 0. The lowest BCUT2D eigenvalue weighted by molar-refractivity contribution is 0.530. The molecule has 0 aliphatic heterocycles. The van der Waals surface area contributed by atoms with Crippen LogP contribution in [0.15, 0.2) is 10.8 Å². The lowest BCUT2D eigenvalue weighted by atomic mass is 10.4. The van der Waals surface area contributed by atoms with Crippen molar-refractivity contribution in [2.75, 3.05) is 5.73 Å². The van der Waals surface area contributed by atoms with Crippen molar-refractivity contribution in [2.24, 2.45) is 0 Å². The summed E-state index contributed by atoms with van der Waals surface area (Å²) in [5, 5.41) is 4.12. The molecule has 3 nitrogen and oxygen atoms in total. The van der Waals surface area contributed by atoms with Crippen LogP contribution in [0.25, 0.3) is 0 Å². The highest BCUT2D eigenvalue weighted by molar-refractivity contribution is 9.10. The molecule has 0 saturated heterocycles. The normalized spacial score (nSPS) is 9.82. The molecule has 0 spiro atoms. The van der Waals surface area contributed by atoms with Gasteiger partial charge in [-0.2, -0.15) is 5.10 Å². The molecular weight excluding hydrogens is 229 g/mol. The van der Waals surface area contributed by atoms with E-state index in [1.54, 1.807) is 0 Å². The lowest BCUT2D eigenvalue weighted by Gasteiger charge is -2.02. The van der Waals surface area contributed by atoms with Gasteiger partial charge in [-0.1, -0.05) is 0 Å². The number of hydrogen-bond acceptors (Lipinski definition) is 2. The standard InChI is InChI=1S/C6H10BrN3.ClH/c1-4(2)10-3-5(8)6(7)9-10;/h3-4H,8H2,1-2H3;1H. The maximum atomic E-state index is 5.55. The molecule has 2 N–H and O–H groups in total. The highest BCUT2D eigenvalue weighted by atomic mass is 79.9. The molecule has 0 amide bonds. The van der Waals surface area contributed by atoms with Crippen LogP contribution in [-0.2, 0) is 0 Å². The summed E-state index contributed by atoms with van der Waals surface area (Å²) in [6, 6.07) is 0.369. The van der Waals surface area contributed by atoms with Gasteiger partial charge in [0.05, 0.1) is 5.69 Å². The van der Waals surface area contributed by atoms with E-state index in [1.165, 1.54) is 0 Å². The topological polar surface area (TPSA) is 43.8 Å². The van der Waals surface area contributed by atoms with Crippen molar-refractivity contribution in [2.45, 2.75) is 19.9 Å². The van der Waals surface area contributed by atoms with Gasteiger partial charge in [0.1, 0.15) is 0 Å². The Labute approximate surface area is 80.5 Å². The number of rotatable bonds is 1. The monoisotopic (exact) mass is 239 g/mol. The van der Waals surface area contributed by atoms with E-state index in [1.807, 2.05) is 10.9 Å². The van der Waals surface area contributed by atoms with Crippen LogP contribution >= 0.6 is 28.3 Å². The summed E-state index contributed by atoms with van der Waals surface area (Å²) >= 11 is 3.23. The van der Waals surface area contributed by atoms with Crippen molar-refractivity contribution in [3.63, 3.8) is 0 Å². The fourth-order valence-electron chi connectivity index (χ4n) is 0.648. The van der Waals surface area contributed by atoms with Crippen LogP contribution in [0.4, 0.5) is 5.69 Å². The summed E-state index contributed by atoms with van der Waals surface area (Å²) in [4.78, 5) is 0. The van der Waals surface area contributed by atoms with Crippen LogP contribution in [0.1, 0.15) is 19.9 Å². The highest BCUT2D eigenvalue weighted by Crippen LogP contribution is 2.17. The van der Waals surface area contributed by atoms with Gasteiger partial charge in [0, 0.05) is 12.2 Å². The molecule has 0 fully saturated rings. The molecule has 0 saturated carbocycles. The van der Waals surface area contributed by atoms with Crippen LogP contribution in [-0.4, -0.2) is 9.78 Å². The van der Waals surface area contributed by atoms with Crippen molar-refractivity contribution in [3.05, 3.63) is 10.8 Å². The van der Waals surface area contributed by atoms with Crippen LogP contribution in [0.2, 0.25) is 0 Å².